The minimum absolute atomic E-state index is 1.00. The van der Waals surface area contributed by atoms with E-state index in [0.29, 0.717) is 0 Å². The third-order valence-electron chi connectivity index (χ3n) is 1.83. The van der Waals surface area contributed by atoms with Crippen LogP contribution in [-0.2, 0) is 0 Å². The number of nitrogens with zero attached hydrogens (tertiary/aromatic N) is 2. The lowest BCUT2D eigenvalue weighted by Gasteiger charge is -2.03. The van der Waals surface area contributed by atoms with E-state index in [-0.39, 0.29) is 0 Å². The highest BCUT2D eigenvalue weighted by Gasteiger charge is 1.97. The van der Waals surface area contributed by atoms with Crippen LogP contribution in [0.25, 0.3) is 5.82 Å². The number of rotatable bonds is 1. The Labute approximate surface area is 71.5 Å². The summed E-state index contributed by atoms with van der Waals surface area (Å²) < 4.78 is 2.01. The van der Waals surface area contributed by atoms with E-state index in [0.717, 1.165) is 5.82 Å². The molecule has 0 spiro atoms. The van der Waals surface area contributed by atoms with Gasteiger partial charge in [-0.25, -0.2) is 4.98 Å². The second-order valence-electron chi connectivity index (χ2n) is 2.73. The van der Waals surface area contributed by atoms with E-state index >= 15 is 0 Å². The van der Waals surface area contributed by atoms with Crippen molar-refractivity contribution in [3.05, 3.63) is 48.4 Å². The van der Waals surface area contributed by atoms with Crippen molar-refractivity contribution >= 4 is 0 Å². The number of hydrogen-bond acceptors (Lipinski definition) is 1. The maximum atomic E-state index is 4.28. The molecule has 0 saturated carbocycles. The maximum Gasteiger partial charge on any atom is 0.139 e. The van der Waals surface area contributed by atoms with Crippen LogP contribution in [0, 0.1) is 6.92 Å². The summed E-state index contributed by atoms with van der Waals surface area (Å²) in [5.74, 6) is 1.00. The highest BCUT2D eigenvalue weighted by atomic mass is 15.0. The fraction of sp³-hybridized carbons (Fsp3) is 0.100. The van der Waals surface area contributed by atoms with E-state index in [4.69, 9.17) is 0 Å². The topological polar surface area (TPSA) is 17.8 Å². The molecule has 0 saturated heterocycles. The van der Waals surface area contributed by atoms with E-state index in [1.54, 1.807) is 0 Å². The lowest BCUT2D eigenvalue weighted by atomic mass is 10.3. The van der Waals surface area contributed by atoms with E-state index in [1.807, 2.05) is 41.4 Å². The van der Waals surface area contributed by atoms with Crippen LogP contribution in [0.15, 0.2) is 42.9 Å². The van der Waals surface area contributed by atoms with Crippen molar-refractivity contribution in [2.45, 2.75) is 6.92 Å². The van der Waals surface area contributed by atoms with Gasteiger partial charge in [0, 0.05) is 18.6 Å². The first-order chi connectivity index (χ1) is 5.88. The Kier molecular flexibility index (Phi) is 1.67. The molecule has 2 aromatic heterocycles. The molecule has 2 aromatic rings. The third-order valence-corrected chi connectivity index (χ3v) is 1.83. The molecule has 60 valence electrons. The Balaban J connectivity index is 2.55. The predicted molar refractivity (Wildman–Crippen MR) is 48.3 cm³/mol. The van der Waals surface area contributed by atoms with Gasteiger partial charge >= 0.3 is 0 Å². The van der Waals surface area contributed by atoms with Gasteiger partial charge < -0.3 is 4.57 Å². The summed E-state index contributed by atoms with van der Waals surface area (Å²) in [6.07, 6.45) is 5.80. The van der Waals surface area contributed by atoms with Gasteiger partial charge in [0.1, 0.15) is 5.82 Å². The Hall–Kier alpha value is -1.57. The maximum absolute atomic E-state index is 4.28. The highest BCUT2D eigenvalue weighted by molar-refractivity contribution is 5.32. The number of hydrogen-bond donors (Lipinski definition) is 0. The third kappa shape index (κ3) is 1.11. The number of aromatic nitrogens is 2. The van der Waals surface area contributed by atoms with Crippen LogP contribution in [-0.4, -0.2) is 9.55 Å². The molecule has 0 amide bonds. The van der Waals surface area contributed by atoms with Gasteiger partial charge in [0.15, 0.2) is 0 Å². The van der Waals surface area contributed by atoms with Crippen molar-refractivity contribution in [1.82, 2.24) is 9.55 Å². The first-order valence-electron chi connectivity index (χ1n) is 3.93. The van der Waals surface area contributed by atoms with E-state index in [1.165, 1.54) is 5.56 Å². The van der Waals surface area contributed by atoms with Gasteiger partial charge in [-0.1, -0.05) is 6.07 Å². The number of pyridine rings is 1. The van der Waals surface area contributed by atoms with Crippen molar-refractivity contribution in [2.75, 3.05) is 0 Å². The predicted octanol–water partition coefficient (Wildman–Crippen LogP) is 2.18. The van der Waals surface area contributed by atoms with Crippen LogP contribution >= 0.6 is 0 Å². The molecule has 0 fully saturated rings. The molecule has 2 heteroatoms. The fourth-order valence-corrected chi connectivity index (χ4v) is 1.22. The van der Waals surface area contributed by atoms with Gasteiger partial charge in [0.2, 0.25) is 0 Å². The summed E-state index contributed by atoms with van der Waals surface area (Å²) in [6.45, 7) is 2.06. The monoisotopic (exact) mass is 158 g/mol. The molecule has 0 radical (unpaired) electrons. The quantitative estimate of drug-likeness (QED) is 0.622. The van der Waals surface area contributed by atoms with E-state index in [2.05, 4.69) is 18.0 Å². The van der Waals surface area contributed by atoms with Crippen LogP contribution < -0.4 is 0 Å². The summed E-state index contributed by atoms with van der Waals surface area (Å²) >= 11 is 0. The first kappa shape index (κ1) is 7.10. The molecule has 0 unspecified atom stereocenters. The second kappa shape index (κ2) is 2.81. The standard InChI is InChI=1S/C10H10N2/c1-9-5-4-6-11-10(9)12-7-2-3-8-12/h2-8H,1H3. The van der Waals surface area contributed by atoms with Crippen LogP contribution in [0.1, 0.15) is 5.56 Å². The van der Waals surface area contributed by atoms with Gasteiger partial charge in [-0.15, -0.1) is 0 Å². The molecule has 0 aliphatic rings. The Bertz CT molecular complexity index is 363. The smallest absolute Gasteiger partial charge is 0.139 e. The highest BCUT2D eigenvalue weighted by Crippen LogP contribution is 2.08. The molecule has 2 rings (SSSR count). The van der Waals surface area contributed by atoms with Crippen LogP contribution in [0.4, 0.5) is 0 Å². The van der Waals surface area contributed by atoms with Gasteiger partial charge in [0.05, 0.1) is 0 Å². The summed E-state index contributed by atoms with van der Waals surface area (Å²) in [5.41, 5.74) is 1.19. The Morgan fingerprint density at radius 3 is 2.58 bits per heavy atom. The SMILES string of the molecule is Cc1cccnc1-n1cccc1. The molecular weight excluding hydrogens is 148 g/mol. The van der Waals surface area contributed by atoms with Crippen molar-refractivity contribution < 1.29 is 0 Å². The van der Waals surface area contributed by atoms with Gasteiger partial charge in [-0.05, 0) is 30.7 Å². The molecule has 2 nitrogen and oxygen atoms in total. The molecule has 0 bridgehead atoms. The van der Waals surface area contributed by atoms with Gasteiger partial charge in [-0.3, -0.25) is 0 Å². The van der Waals surface area contributed by atoms with Crippen molar-refractivity contribution in [3.63, 3.8) is 0 Å². The fourth-order valence-electron chi connectivity index (χ4n) is 1.22. The van der Waals surface area contributed by atoms with Gasteiger partial charge in [-0.2, -0.15) is 0 Å². The Morgan fingerprint density at radius 2 is 1.92 bits per heavy atom. The van der Waals surface area contributed by atoms with Crippen LogP contribution in [0.5, 0.6) is 0 Å². The lowest BCUT2D eigenvalue weighted by Crippen LogP contribution is -1.95. The largest absolute Gasteiger partial charge is 0.308 e. The molecule has 12 heavy (non-hydrogen) atoms. The molecule has 2 heterocycles. The zero-order chi connectivity index (χ0) is 8.39. The van der Waals surface area contributed by atoms with Crippen molar-refractivity contribution in [2.24, 2.45) is 0 Å². The average molecular weight is 158 g/mol. The molecule has 0 aliphatic carbocycles. The van der Waals surface area contributed by atoms with Gasteiger partial charge in [0.25, 0.3) is 0 Å². The molecule has 0 atom stereocenters. The zero-order valence-corrected chi connectivity index (χ0v) is 6.94. The minimum Gasteiger partial charge on any atom is -0.308 e. The molecule has 0 N–H and O–H groups in total. The van der Waals surface area contributed by atoms with Crippen LogP contribution in [0.2, 0.25) is 0 Å². The van der Waals surface area contributed by atoms with Crippen molar-refractivity contribution in [1.29, 1.82) is 0 Å². The molecule has 0 aliphatic heterocycles. The summed E-state index contributed by atoms with van der Waals surface area (Å²) in [4.78, 5) is 4.28. The Morgan fingerprint density at radius 1 is 1.17 bits per heavy atom. The normalized spacial score (nSPS) is 10.1. The average Bonchev–Trinajstić information content (AvgIpc) is 2.57. The van der Waals surface area contributed by atoms with E-state index in [9.17, 15) is 0 Å². The van der Waals surface area contributed by atoms with Crippen molar-refractivity contribution in [3.8, 4) is 5.82 Å². The summed E-state index contributed by atoms with van der Waals surface area (Å²) in [6, 6.07) is 7.99. The summed E-state index contributed by atoms with van der Waals surface area (Å²) in [7, 11) is 0. The lowest BCUT2D eigenvalue weighted by molar-refractivity contribution is 0.989. The van der Waals surface area contributed by atoms with Crippen LogP contribution in [0.3, 0.4) is 0 Å². The van der Waals surface area contributed by atoms with E-state index < -0.39 is 0 Å². The zero-order valence-electron chi connectivity index (χ0n) is 6.94. The first-order valence-corrected chi connectivity index (χ1v) is 3.93. The molecule has 0 aromatic carbocycles. The number of aryl methyl sites for hydroxylation is 1. The second-order valence-corrected chi connectivity index (χ2v) is 2.73. The minimum atomic E-state index is 1.00. The molecular formula is C10H10N2. The summed E-state index contributed by atoms with van der Waals surface area (Å²) in [5, 5.41) is 0.